The van der Waals surface area contributed by atoms with E-state index in [0.29, 0.717) is 6.42 Å². The Morgan fingerprint density at radius 3 is 2.53 bits per heavy atom. The lowest BCUT2D eigenvalue weighted by Crippen LogP contribution is -2.43. The Labute approximate surface area is 116 Å². The Balaban J connectivity index is 2.69. The molecule has 1 N–H and O–H groups in total. The van der Waals surface area contributed by atoms with Gasteiger partial charge in [0.15, 0.2) is 6.07 Å². The van der Waals surface area contributed by atoms with Crippen LogP contribution >= 0.6 is 11.6 Å². The Hall–Kier alpha value is -1.75. The van der Waals surface area contributed by atoms with Crippen LogP contribution in [0.25, 0.3) is 0 Å². The van der Waals surface area contributed by atoms with Gasteiger partial charge in [-0.15, -0.1) is 0 Å². The molecule has 104 valence electrons. The van der Waals surface area contributed by atoms with Crippen molar-refractivity contribution >= 4 is 23.7 Å². The van der Waals surface area contributed by atoms with Crippen molar-refractivity contribution in [3.05, 3.63) is 35.9 Å². The number of halogens is 1. The summed E-state index contributed by atoms with van der Waals surface area (Å²) >= 11 is 5.28. The maximum atomic E-state index is 11.8. The number of nitrogens with one attached hydrogen (secondary N) is 1. The summed E-state index contributed by atoms with van der Waals surface area (Å²) in [5.41, 5.74) is 0.909. The summed E-state index contributed by atoms with van der Waals surface area (Å²) in [4.78, 5) is 23.1. The largest absolute Gasteiger partial charge is 0.464 e. The number of ether oxygens (including phenoxy) is 2. The van der Waals surface area contributed by atoms with Crippen LogP contribution in [0.4, 0.5) is 4.79 Å². The van der Waals surface area contributed by atoms with Crippen LogP contribution in [0.2, 0.25) is 0 Å². The molecule has 0 radical (unpaired) electrons. The summed E-state index contributed by atoms with van der Waals surface area (Å²) in [6.45, 7) is 1.95. The fourth-order valence-electron chi connectivity index (χ4n) is 1.52. The molecule has 0 bridgehead atoms. The molecule has 1 atom stereocenters. The Bertz CT molecular complexity index is 410. The molecule has 0 fully saturated rings. The second kappa shape index (κ2) is 8.37. The van der Waals surface area contributed by atoms with Gasteiger partial charge in [0, 0.05) is 6.42 Å². The van der Waals surface area contributed by atoms with Gasteiger partial charge in [-0.1, -0.05) is 41.9 Å². The van der Waals surface area contributed by atoms with Crippen LogP contribution in [0, 0.1) is 0 Å². The number of alkyl halides is 1. The highest BCUT2D eigenvalue weighted by Crippen LogP contribution is 2.05. The molecular weight excluding hydrogens is 270 g/mol. The number of benzene rings is 1. The second-order valence-electron chi connectivity index (χ2n) is 3.68. The van der Waals surface area contributed by atoms with E-state index in [9.17, 15) is 9.59 Å². The zero-order chi connectivity index (χ0) is 14.1. The Kier molecular flexibility index (Phi) is 6.74. The first-order valence-corrected chi connectivity index (χ1v) is 6.40. The minimum Gasteiger partial charge on any atom is -0.464 e. The molecule has 0 aliphatic heterocycles. The summed E-state index contributed by atoms with van der Waals surface area (Å²) in [6, 6.07) is 8.24. The molecule has 1 aromatic rings. The monoisotopic (exact) mass is 285 g/mol. The SMILES string of the molecule is CCOC(=O)[C@H](Cc1ccccc1)NC(=O)OCCl. The molecule has 1 amide bonds. The van der Waals surface area contributed by atoms with E-state index in [1.165, 1.54) is 0 Å². The lowest BCUT2D eigenvalue weighted by molar-refractivity contribution is -0.145. The van der Waals surface area contributed by atoms with Gasteiger partial charge in [-0.25, -0.2) is 9.59 Å². The van der Waals surface area contributed by atoms with Crippen molar-refractivity contribution in [3.63, 3.8) is 0 Å². The van der Waals surface area contributed by atoms with E-state index in [1.54, 1.807) is 6.92 Å². The third-order valence-electron chi connectivity index (χ3n) is 2.33. The van der Waals surface area contributed by atoms with E-state index in [0.717, 1.165) is 5.56 Å². The number of esters is 1. The molecule has 1 rings (SSSR count). The normalized spacial score (nSPS) is 11.5. The van der Waals surface area contributed by atoms with E-state index >= 15 is 0 Å². The first-order valence-electron chi connectivity index (χ1n) is 5.87. The van der Waals surface area contributed by atoms with Crippen molar-refractivity contribution in [2.45, 2.75) is 19.4 Å². The van der Waals surface area contributed by atoms with Crippen molar-refractivity contribution < 1.29 is 19.1 Å². The third kappa shape index (κ3) is 5.61. The van der Waals surface area contributed by atoms with Crippen LogP contribution in [0.1, 0.15) is 12.5 Å². The van der Waals surface area contributed by atoms with Gasteiger partial charge in [0.2, 0.25) is 0 Å². The molecule has 0 unspecified atom stereocenters. The van der Waals surface area contributed by atoms with Gasteiger partial charge < -0.3 is 14.8 Å². The minimum atomic E-state index is -0.793. The van der Waals surface area contributed by atoms with Crippen molar-refractivity contribution in [1.29, 1.82) is 0 Å². The summed E-state index contributed by atoms with van der Waals surface area (Å²) in [5.74, 6) is -0.502. The molecule has 19 heavy (non-hydrogen) atoms. The highest BCUT2D eigenvalue weighted by molar-refractivity contribution is 6.17. The number of hydrogen-bond acceptors (Lipinski definition) is 4. The van der Waals surface area contributed by atoms with Crippen LogP contribution in [0.15, 0.2) is 30.3 Å². The van der Waals surface area contributed by atoms with Crippen molar-refractivity contribution in [1.82, 2.24) is 5.32 Å². The molecule has 5 nitrogen and oxygen atoms in total. The van der Waals surface area contributed by atoms with Gasteiger partial charge >= 0.3 is 12.1 Å². The average molecular weight is 286 g/mol. The number of carbonyl (C=O) groups is 2. The number of carbonyl (C=O) groups excluding carboxylic acids is 2. The number of alkyl carbamates (subject to hydrolysis) is 1. The van der Waals surface area contributed by atoms with Crippen LogP contribution in [-0.2, 0) is 20.7 Å². The topological polar surface area (TPSA) is 64.6 Å². The summed E-state index contributed by atoms with van der Waals surface area (Å²) < 4.78 is 9.46. The van der Waals surface area contributed by atoms with Crippen molar-refractivity contribution in [2.24, 2.45) is 0 Å². The first kappa shape index (κ1) is 15.3. The molecule has 0 heterocycles. The van der Waals surface area contributed by atoms with Crippen LogP contribution < -0.4 is 5.32 Å². The van der Waals surface area contributed by atoms with Crippen molar-refractivity contribution in [3.8, 4) is 0 Å². The molecule has 6 heteroatoms. The molecule has 0 aromatic heterocycles. The number of rotatable bonds is 6. The van der Waals surface area contributed by atoms with Gasteiger partial charge in [0.1, 0.15) is 6.04 Å². The van der Waals surface area contributed by atoms with Gasteiger partial charge in [-0.05, 0) is 12.5 Å². The quantitative estimate of drug-likeness (QED) is 0.642. The van der Waals surface area contributed by atoms with E-state index < -0.39 is 18.1 Å². The second-order valence-corrected chi connectivity index (χ2v) is 3.90. The lowest BCUT2D eigenvalue weighted by atomic mass is 10.1. The van der Waals surface area contributed by atoms with Gasteiger partial charge in [-0.2, -0.15) is 0 Å². The zero-order valence-electron chi connectivity index (χ0n) is 10.6. The number of amides is 1. The fourth-order valence-corrected chi connectivity index (χ4v) is 1.62. The molecule has 0 aliphatic rings. The predicted octanol–water partition coefficient (Wildman–Crippen LogP) is 2.08. The zero-order valence-corrected chi connectivity index (χ0v) is 11.4. The summed E-state index contributed by atoms with van der Waals surface area (Å²) in [6.07, 6.45) is -0.416. The maximum absolute atomic E-state index is 11.8. The summed E-state index contributed by atoms with van der Waals surface area (Å²) in [7, 11) is 0. The van der Waals surface area contributed by atoms with Gasteiger partial charge in [-0.3, -0.25) is 0 Å². The molecule has 0 saturated carbocycles. The van der Waals surface area contributed by atoms with E-state index in [-0.39, 0.29) is 12.7 Å². The maximum Gasteiger partial charge on any atom is 0.409 e. The Morgan fingerprint density at radius 1 is 1.26 bits per heavy atom. The van der Waals surface area contributed by atoms with E-state index in [2.05, 4.69) is 10.1 Å². The Morgan fingerprint density at radius 2 is 1.95 bits per heavy atom. The highest BCUT2D eigenvalue weighted by Gasteiger charge is 2.22. The van der Waals surface area contributed by atoms with Gasteiger partial charge in [0.25, 0.3) is 0 Å². The van der Waals surface area contributed by atoms with Gasteiger partial charge in [0.05, 0.1) is 6.61 Å². The minimum absolute atomic E-state index is 0.246. The molecule has 0 saturated heterocycles. The van der Waals surface area contributed by atoms with Crippen LogP contribution in [-0.4, -0.2) is 30.8 Å². The standard InChI is InChI=1S/C13H16ClNO4/c1-2-18-12(16)11(15-13(17)19-9-14)8-10-6-4-3-5-7-10/h3-7,11H,2,8-9H2,1H3,(H,15,17)/t11-/m0/s1. The lowest BCUT2D eigenvalue weighted by Gasteiger charge is -2.16. The molecule has 0 spiro atoms. The van der Waals surface area contributed by atoms with Crippen LogP contribution in [0.3, 0.4) is 0 Å². The highest BCUT2D eigenvalue weighted by atomic mass is 35.5. The third-order valence-corrected chi connectivity index (χ3v) is 2.44. The van der Waals surface area contributed by atoms with Crippen LogP contribution in [0.5, 0.6) is 0 Å². The van der Waals surface area contributed by atoms with E-state index in [4.69, 9.17) is 16.3 Å². The van der Waals surface area contributed by atoms with Crippen molar-refractivity contribution in [2.75, 3.05) is 12.7 Å². The van der Waals surface area contributed by atoms with E-state index in [1.807, 2.05) is 30.3 Å². The number of hydrogen-bond donors (Lipinski definition) is 1. The molecular formula is C13H16ClNO4. The summed E-state index contributed by atoms with van der Waals surface area (Å²) in [5, 5.41) is 2.43. The molecule has 1 aromatic carbocycles. The predicted molar refractivity (Wildman–Crippen MR) is 70.9 cm³/mol. The average Bonchev–Trinajstić information content (AvgIpc) is 2.40. The smallest absolute Gasteiger partial charge is 0.409 e. The first-order chi connectivity index (χ1) is 9.17. The molecule has 0 aliphatic carbocycles. The fraction of sp³-hybridized carbons (Fsp3) is 0.385.